The Bertz CT molecular complexity index is 364. The van der Waals surface area contributed by atoms with Crippen molar-refractivity contribution in [2.24, 2.45) is 0 Å². The molecular weight excluding hydrogens is 218 g/mol. The maximum absolute atomic E-state index is 12.5. The number of Topliss-reactive ketones (excluding diaryl/α,β-unsaturated/α-hetero) is 1. The molecule has 3 heteroatoms. The van der Waals surface area contributed by atoms with E-state index >= 15 is 0 Å². The first kappa shape index (κ1) is 13.4. The number of aryl methyl sites for hydroxylation is 1. The Morgan fingerprint density at radius 2 is 1.94 bits per heavy atom. The molecule has 0 aliphatic heterocycles. The number of likely N-dealkylation sites (N-methyl/N-ethyl adjacent to an activating group) is 1. The van der Waals surface area contributed by atoms with E-state index in [0.717, 1.165) is 23.5 Å². The Hall–Kier alpha value is -0.670. The lowest BCUT2D eigenvalue weighted by atomic mass is 9.94. The van der Waals surface area contributed by atoms with Crippen LogP contribution in [-0.2, 0) is 0 Å². The van der Waals surface area contributed by atoms with Gasteiger partial charge in [0.2, 0.25) is 0 Å². The molecule has 0 radical (unpaired) electrons. The Balaban J connectivity index is 3.00. The zero-order valence-corrected chi connectivity index (χ0v) is 11.6. The van der Waals surface area contributed by atoms with E-state index in [0.29, 0.717) is 0 Å². The van der Waals surface area contributed by atoms with Crippen molar-refractivity contribution in [3.05, 3.63) is 21.9 Å². The molecule has 2 nitrogen and oxygen atoms in total. The summed E-state index contributed by atoms with van der Waals surface area (Å²) >= 11 is 1.55. The van der Waals surface area contributed by atoms with Gasteiger partial charge in [-0.1, -0.05) is 13.8 Å². The summed E-state index contributed by atoms with van der Waals surface area (Å²) in [5.41, 5.74) is 0.689. The van der Waals surface area contributed by atoms with Crippen molar-refractivity contribution in [3.8, 4) is 0 Å². The molecule has 1 rings (SSSR count). The van der Waals surface area contributed by atoms with Gasteiger partial charge in [0, 0.05) is 0 Å². The van der Waals surface area contributed by atoms with Crippen molar-refractivity contribution in [1.82, 2.24) is 4.90 Å². The lowest BCUT2D eigenvalue weighted by Crippen LogP contribution is -2.49. The third-order valence-electron chi connectivity index (χ3n) is 3.18. The molecule has 0 aliphatic carbocycles. The molecule has 0 bridgehead atoms. The fourth-order valence-corrected chi connectivity index (χ4v) is 3.06. The number of rotatable bonds is 5. The summed E-state index contributed by atoms with van der Waals surface area (Å²) < 4.78 is 0. The van der Waals surface area contributed by atoms with E-state index in [9.17, 15) is 4.79 Å². The molecule has 1 heterocycles. The van der Waals surface area contributed by atoms with Crippen LogP contribution in [0, 0.1) is 6.92 Å². The summed E-state index contributed by atoms with van der Waals surface area (Å²) in [6.45, 7) is 12.0. The number of hydrogen-bond acceptors (Lipinski definition) is 3. The van der Waals surface area contributed by atoms with Gasteiger partial charge in [0.1, 0.15) is 0 Å². The molecule has 0 N–H and O–H groups in total. The first-order valence-corrected chi connectivity index (χ1v) is 6.67. The lowest BCUT2D eigenvalue weighted by Gasteiger charge is -2.35. The van der Waals surface area contributed by atoms with E-state index in [1.54, 1.807) is 11.3 Å². The highest BCUT2D eigenvalue weighted by Gasteiger charge is 2.34. The Morgan fingerprint density at radius 3 is 2.31 bits per heavy atom. The van der Waals surface area contributed by atoms with Gasteiger partial charge in [0.15, 0.2) is 5.78 Å². The smallest absolute Gasteiger partial charge is 0.192 e. The van der Waals surface area contributed by atoms with Crippen molar-refractivity contribution in [1.29, 1.82) is 0 Å². The number of thiophene rings is 1. The molecule has 16 heavy (non-hydrogen) atoms. The van der Waals surface area contributed by atoms with Gasteiger partial charge in [-0.2, -0.15) is 0 Å². The average Bonchev–Trinajstić information content (AvgIpc) is 2.64. The average molecular weight is 239 g/mol. The van der Waals surface area contributed by atoms with Crippen molar-refractivity contribution >= 4 is 17.1 Å². The van der Waals surface area contributed by atoms with E-state index in [1.165, 1.54) is 0 Å². The van der Waals surface area contributed by atoms with Crippen LogP contribution in [0.3, 0.4) is 0 Å². The van der Waals surface area contributed by atoms with Gasteiger partial charge in [0.25, 0.3) is 0 Å². The topological polar surface area (TPSA) is 20.3 Å². The highest BCUT2D eigenvalue weighted by Crippen LogP contribution is 2.25. The molecule has 0 aromatic carbocycles. The first-order valence-electron chi connectivity index (χ1n) is 5.79. The Kier molecular flexibility index (Phi) is 4.28. The SMILES string of the molecule is CCN(CC)C(C)(C)C(=O)c1sccc1C. The third-order valence-corrected chi connectivity index (χ3v) is 4.19. The van der Waals surface area contributed by atoms with Crippen LogP contribution in [0.2, 0.25) is 0 Å². The molecule has 0 aliphatic rings. The number of carbonyl (C=O) groups is 1. The zero-order valence-electron chi connectivity index (χ0n) is 10.8. The van der Waals surface area contributed by atoms with Crippen LogP contribution >= 0.6 is 11.3 Å². The quantitative estimate of drug-likeness (QED) is 0.734. The molecule has 0 saturated carbocycles. The summed E-state index contributed by atoms with van der Waals surface area (Å²) in [6, 6.07) is 2.01. The van der Waals surface area contributed by atoms with E-state index in [-0.39, 0.29) is 5.78 Å². The minimum Gasteiger partial charge on any atom is -0.292 e. The normalized spacial score (nSPS) is 12.1. The number of carbonyl (C=O) groups excluding carboxylic acids is 1. The number of ketones is 1. The summed E-state index contributed by atoms with van der Waals surface area (Å²) in [4.78, 5) is 15.6. The molecule has 90 valence electrons. The third kappa shape index (κ3) is 2.36. The molecular formula is C13H21NOS. The summed E-state index contributed by atoms with van der Waals surface area (Å²) in [5.74, 6) is 0.240. The van der Waals surface area contributed by atoms with Gasteiger partial charge in [-0.3, -0.25) is 9.69 Å². The highest BCUT2D eigenvalue weighted by molar-refractivity contribution is 7.12. The molecule has 1 aromatic rings. The Morgan fingerprint density at radius 1 is 1.38 bits per heavy atom. The van der Waals surface area contributed by atoms with Crippen molar-refractivity contribution < 1.29 is 4.79 Å². The summed E-state index contributed by atoms with van der Waals surface area (Å²) in [7, 11) is 0. The molecule has 0 saturated heterocycles. The molecule has 0 unspecified atom stereocenters. The van der Waals surface area contributed by atoms with Crippen molar-refractivity contribution in [2.75, 3.05) is 13.1 Å². The molecule has 0 amide bonds. The highest BCUT2D eigenvalue weighted by atomic mass is 32.1. The Labute approximate surface area is 102 Å². The summed E-state index contributed by atoms with van der Waals surface area (Å²) in [5, 5.41) is 1.99. The van der Waals surface area contributed by atoms with Gasteiger partial charge in [-0.25, -0.2) is 0 Å². The van der Waals surface area contributed by atoms with Gasteiger partial charge < -0.3 is 0 Å². The second-order valence-corrected chi connectivity index (χ2v) is 5.41. The molecule has 0 spiro atoms. The largest absolute Gasteiger partial charge is 0.292 e. The van der Waals surface area contributed by atoms with Crippen molar-refractivity contribution in [3.63, 3.8) is 0 Å². The maximum atomic E-state index is 12.5. The van der Waals surface area contributed by atoms with E-state index < -0.39 is 5.54 Å². The van der Waals surface area contributed by atoms with Crippen LogP contribution in [-0.4, -0.2) is 29.3 Å². The lowest BCUT2D eigenvalue weighted by molar-refractivity contribution is 0.0672. The standard InChI is InChI=1S/C13H21NOS/c1-6-14(7-2)13(4,5)12(15)11-10(3)8-9-16-11/h8-9H,6-7H2,1-5H3. The van der Waals surface area contributed by atoms with Crippen molar-refractivity contribution in [2.45, 2.75) is 40.2 Å². The van der Waals surface area contributed by atoms with Gasteiger partial charge in [-0.15, -0.1) is 11.3 Å². The van der Waals surface area contributed by atoms with E-state index in [2.05, 4.69) is 18.7 Å². The molecule has 1 aromatic heterocycles. The van der Waals surface area contributed by atoms with E-state index in [1.807, 2.05) is 32.2 Å². The second kappa shape index (κ2) is 5.11. The van der Waals surface area contributed by atoms with E-state index in [4.69, 9.17) is 0 Å². The predicted molar refractivity (Wildman–Crippen MR) is 70.4 cm³/mol. The van der Waals surface area contributed by atoms with Gasteiger partial charge in [-0.05, 0) is 50.9 Å². The van der Waals surface area contributed by atoms with Crippen LogP contribution in [0.1, 0.15) is 42.9 Å². The van der Waals surface area contributed by atoms with Gasteiger partial charge in [0.05, 0.1) is 10.4 Å². The number of nitrogens with zero attached hydrogens (tertiary/aromatic N) is 1. The fraction of sp³-hybridized carbons (Fsp3) is 0.615. The van der Waals surface area contributed by atoms with Crippen LogP contribution in [0.15, 0.2) is 11.4 Å². The van der Waals surface area contributed by atoms with Crippen LogP contribution in [0.25, 0.3) is 0 Å². The summed E-state index contributed by atoms with van der Waals surface area (Å²) in [6.07, 6.45) is 0. The minimum absolute atomic E-state index is 0.240. The minimum atomic E-state index is -0.404. The monoisotopic (exact) mass is 239 g/mol. The predicted octanol–water partition coefficient (Wildman–Crippen LogP) is 3.36. The number of hydrogen-bond donors (Lipinski definition) is 0. The molecule has 0 fully saturated rings. The first-order chi connectivity index (χ1) is 7.45. The van der Waals surface area contributed by atoms with Crippen LogP contribution < -0.4 is 0 Å². The fourth-order valence-electron chi connectivity index (χ4n) is 2.04. The zero-order chi connectivity index (χ0) is 12.3. The second-order valence-electron chi connectivity index (χ2n) is 4.49. The maximum Gasteiger partial charge on any atom is 0.192 e. The van der Waals surface area contributed by atoms with Gasteiger partial charge >= 0.3 is 0 Å². The van der Waals surface area contributed by atoms with Crippen LogP contribution in [0.5, 0.6) is 0 Å². The van der Waals surface area contributed by atoms with Crippen LogP contribution in [0.4, 0.5) is 0 Å². The molecule has 0 atom stereocenters.